The average molecular weight is 174 g/mol. The predicted molar refractivity (Wildman–Crippen MR) is 48.1 cm³/mol. The minimum atomic E-state index is -0.582. The lowest BCUT2D eigenvalue weighted by Gasteiger charge is -2.15. The van der Waals surface area contributed by atoms with Gasteiger partial charge in [0, 0.05) is 5.71 Å². The first-order chi connectivity index (χ1) is 6.24. The van der Waals surface area contributed by atoms with E-state index in [0.717, 1.165) is 36.1 Å². The summed E-state index contributed by atoms with van der Waals surface area (Å²) in [5.41, 5.74) is 3.01. The van der Waals surface area contributed by atoms with Gasteiger partial charge in [0.25, 0.3) is 5.91 Å². The summed E-state index contributed by atoms with van der Waals surface area (Å²) < 4.78 is 0. The van der Waals surface area contributed by atoms with E-state index in [1.165, 1.54) is 0 Å². The zero-order chi connectivity index (χ0) is 9.42. The number of carbonyl (C=O) groups is 1. The number of hydrogen-bond donors (Lipinski definition) is 0. The van der Waals surface area contributed by atoms with E-state index < -0.39 is 5.92 Å². The van der Waals surface area contributed by atoms with Crippen LogP contribution in [0.15, 0.2) is 16.1 Å². The van der Waals surface area contributed by atoms with Gasteiger partial charge in [0.1, 0.15) is 5.92 Å². The van der Waals surface area contributed by atoms with Gasteiger partial charge in [-0.25, -0.2) is 4.99 Å². The van der Waals surface area contributed by atoms with Crippen LogP contribution in [0.25, 0.3) is 0 Å². The zero-order valence-corrected chi connectivity index (χ0v) is 7.50. The molecule has 1 aliphatic heterocycles. The molecule has 1 amide bonds. The monoisotopic (exact) mass is 174 g/mol. The van der Waals surface area contributed by atoms with Crippen molar-refractivity contribution in [2.24, 2.45) is 10.9 Å². The first kappa shape index (κ1) is 8.18. The number of dihydropyridines is 1. The third-order valence-electron chi connectivity index (χ3n) is 2.70. The van der Waals surface area contributed by atoms with Gasteiger partial charge in [-0.3, -0.25) is 4.79 Å². The Hall–Kier alpha value is -1.43. The molecule has 1 unspecified atom stereocenters. The summed E-state index contributed by atoms with van der Waals surface area (Å²) in [6, 6.07) is 2.03. The van der Waals surface area contributed by atoms with Gasteiger partial charge >= 0.3 is 0 Å². The summed E-state index contributed by atoms with van der Waals surface area (Å²) >= 11 is 0. The summed E-state index contributed by atoms with van der Waals surface area (Å²) in [6.45, 7) is 1.85. The first-order valence-electron chi connectivity index (χ1n) is 4.45. The summed E-state index contributed by atoms with van der Waals surface area (Å²) in [5, 5.41) is 8.82. The second kappa shape index (κ2) is 2.81. The number of aliphatic imine (C=N–C) groups is 1. The predicted octanol–water partition coefficient (Wildman–Crippen LogP) is 1.61. The molecular weight excluding hydrogens is 164 g/mol. The second-order valence-electron chi connectivity index (χ2n) is 3.45. The Morgan fingerprint density at radius 3 is 3.00 bits per heavy atom. The SMILES string of the molecule is CC1=NC(=O)C(C#N)C2=C1CCC2. The minimum Gasteiger partial charge on any atom is -0.271 e. The maximum atomic E-state index is 11.3. The molecule has 3 nitrogen and oxygen atoms in total. The number of rotatable bonds is 0. The highest BCUT2D eigenvalue weighted by atomic mass is 16.1. The van der Waals surface area contributed by atoms with Crippen molar-refractivity contribution >= 4 is 11.6 Å². The largest absolute Gasteiger partial charge is 0.271 e. The Balaban J connectivity index is 2.48. The van der Waals surface area contributed by atoms with Crippen LogP contribution in [-0.4, -0.2) is 11.6 Å². The summed E-state index contributed by atoms with van der Waals surface area (Å²) in [7, 11) is 0. The van der Waals surface area contributed by atoms with Gasteiger partial charge in [-0.2, -0.15) is 5.26 Å². The molecular formula is C10H10N2O. The number of nitrogens with zero attached hydrogens (tertiary/aromatic N) is 2. The molecule has 0 aromatic rings. The van der Waals surface area contributed by atoms with Crippen molar-refractivity contribution < 1.29 is 4.79 Å². The van der Waals surface area contributed by atoms with Crippen molar-refractivity contribution in [1.29, 1.82) is 5.26 Å². The van der Waals surface area contributed by atoms with Crippen molar-refractivity contribution in [3.05, 3.63) is 11.1 Å². The fourth-order valence-corrected chi connectivity index (χ4v) is 2.08. The molecule has 0 bridgehead atoms. The molecule has 0 aromatic heterocycles. The average Bonchev–Trinajstić information content (AvgIpc) is 2.53. The van der Waals surface area contributed by atoms with E-state index >= 15 is 0 Å². The molecule has 66 valence electrons. The fourth-order valence-electron chi connectivity index (χ4n) is 2.08. The molecule has 2 aliphatic rings. The smallest absolute Gasteiger partial charge is 0.267 e. The van der Waals surface area contributed by atoms with Crippen molar-refractivity contribution in [1.82, 2.24) is 0 Å². The first-order valence-corrected chi connectivity index (χ1v) is 4.45. The number of carbonyl (C=O) groups excluding carboxylic acids is 1. The molecule has 0 N–H and O–H groups in total. The Labute approximate surface area is 76.8 Å². The van der Waals surface area contributed by atoms with Gasteiger partial charge in [0.05, 0.1) is 6.07 Å². The van der Waals surface area contributed by atoms with Gasteiger partial charge in [0.15, 0.2) is 0 Å². The molecule has 0 fully saturated rings. The highest BCUT2D eigenvalue weighted by molar-refractivity contribution is 6.10. The van der Waals surface area contributed by atoms with E-state index in [1.54, 1.807) is 0 Å². The molecule has 2 rings (SSSR count). The summed E-state index contributed by atoms with van der Waals surface area (Å²) in [6.07, 6.45) is 2.94. The lowest BCUT2D eigenvalue weighted by atomic mass is 9.92. The Morgan fingerprint density at radius 1 is 1.54 bits per heavy atom. The van der Waals surface area contributed by atoms with Crippen molar-refractivity contribution in [3.63, 3.8) is 0 Å². The van der Waals surface area contributed by atoms with Gasteiger partial charge in [-0.1, -0.05) is 0 Å². The quantitative estimate of drug-likeness (QED) is 0.560. The molecule has 0 aromatic carbocycles. The van der Waals surface area contributed by atoms with Gasteiger partial charge in [-0.05, 0) is 37.3 Å². The van der Waals surface area contributed by atoms with Gasteiger partial charge in [-0.15, -0.1) is 0 Å². The molecule has 1 heterocycles. The van der Waals surface area contributed by atoms with Crippen LogP contribution in [0.1, 0.15) is 26.2 Å². The molecule has 3 heteroatoms. The molecule has 0 radical (unpaired) electrons. The topological polar surface area (TPSA) is 53.2 Å². The third-order valence-corrected chi connectivity index (χ3v) is 2.70. The van der Waals surface area contributed by atoms with Crippen LogP contribution >= 0.6 is 0 Å². The van der Waals surface area contributed by atoms with Crippen molar-refractivity contribution in [2.45, 2.75) is 26.2 Å². The number of hydrogen-bond acceptors (Lipinski definition) is 2. The van der Waals surface area contributed by atoms with Gasteiger partial charge in [0.2, 0.25) is 0 Å². The lowest BCUT2D eigenvalue weighted by Crippen LogP contribution is -2.20. The maximum Gasteiger partial charge on any atom is 0.267 e. The minimum absolute atomic E-state index is 0.277. The zero-order valence-electron chi connectivity index (χ0n) is 7.50. The van der Waals surface area contributed by atoms with E-state index in [1.807, 2.05) is 13.0 Å². The Bertz CT molecular complexity index is 371. The Kier molecular flexibility index (Phi) is 1.77. The standard InChI is InChI=1S/C10H10N2O/c1-6-7-3-2-4-8(7)9(5-11)10(13)12-6/h9H,2-4H2,1H3. The van der Waals surface area contributed by atoms with E-state index in [9.17, 15) is 4.79 Å². The number of nitriles is 1. The number of allylic oxidation sites excluding steroid dienone is 1. The summed E-state index contributed by atoms with van der Waals surface area (Å²) in [5.74, 6) is -0.859. The Morgan fingerprint density at radius 2 is 2.31 bits per heavy atom. The van der Waals surface area contributed by atoms with E-state index in [2.05, 4.69) is 4.99 Å². The van der Waals surface area contributed by atoms with Gasteiger partial charge < -0.3 is 0 Å². The summed E-state index contributed by atoms with van der Waals surface area (Å²) in [4.78, 5) is 15.2. The highest BCUT2D eigenvalue weighted by Gasteiger charge is 2.32. The normalized spacial score (nSPS) is 26.9. The molecule has 13 heavy (non-hydrogen) atoms. The van der Waals surface area contributed by atoms with Crippen LogP contribution in [0.5, 0.6) is 0 Å². The van der Waals surface area contributed by atoms with Crippen LogP contribution in [0, 0.1) is 17.2 Å². The van der Waals surface area contributed by atoms with Crippen molar-refractivity contribution in [3.8, 4) is 6.07 Å². The van der Waals surface area contributed by atoms with Crippen LogP contribution in [0.4, 0.5) is 0 Å². The fraction of sp³-hybridized carbons (Fsp3) is 0.500. The second-order valence-corrected chi connectivity index (χ2v) is 3.45. The van der Waals surface area contributed by atoms with Crippen molar-refractivity contribution in [2.75, 3.05) is 0 Å². The van der Waals surface area contributed by atoms with Crippen LogP contribution in [0.2, 0.25) is 0 Å². The lowest BCUT2D eigenvalue weighted by molar-refractivity contribution is -0.119. The molecule has 0 saturated heterocycles. The van der Waals surface area contributed by atoms with E-state index in [4.69, 9.17) is 5.26 Å². The number of amides is 1. The molecule has 1 atom stereocenters. The third kappa shape index (κ3) is 1.10. The van der Waals surface area contributed by atoms with Crippen LogP contribution in [0.3, 0.4) is 0 Å². The van der Waals surface area contributed by atoms with E-state index in [0.29, 0.717) is 0 Å². The highest BCUT2D eigenvalue weighted by Crippen LogP contribution is 2.35. The molecule has 1 aliphatic carbocycles. The van der Waals surface area contributed by atoms with Crippen LogP contribution in [-0.2, 0) is 4.79 Å². The maximum absolute atomic E-state index is 11.3. The van der Waals surface area contributed by atoms with E-state index in [-0.39, 0.29) is 5.91 Å². The van der Waals surface area contributed by atoms with Crippen LogP contribution < -0.4 is 0 Å². The molecule has 0 spiro atoms. The molecule has 0 saturated carbocycles.